The van der Waals surface area contributed by atoms with Crippen LogP contribution in [0.3, 0.4) is 0 Å². The van der Waals surface area contributed by atoms with Gasteiger partial charge in [0, 0.05) is 24.5 Å². The van der Waals surface area contributed by atoms with Crippen molar-refractivity contribution in [3.8, 4) is 22.5 Å². The Hall–Kier alpha value is -4.50. The predicted molar refractivity (Wildman–Crippen MR) is 145 cm³/mol. The third kappa shape index (κ3) is 7.52. The fourth-order valence-corrected chi connectivity index (χ4v) is 3.99. The molecule has 5 rings (SSSR count). The molecule has 0 spiro atoms. The maximum absolute atomic E-state index is 10.6. The number of nitrogens with zero attached hydrogens (tertiary/aromatic N) is 2. The second kappa shape index (κ2) is 12.4. The quantitative estimate of drug-likeness (QED) is 0.206. The first kappa shape index (κ1) is 27.5. The van der Waals surface area contributed by atoms with Gasteiger partial charge >= 0.3 is 12.1 Å². The Balaban J connectivity index is 0.000000448. The van der Waals surface area contributed by atoms with Crippen LogP contribution >= 0.6 is 0 Å². The molecule has 0 amide bonds. The molecule has 9 heteroatoms. The van der Waals surface area contributed by atoms with Crippen LogP contribution in [0.2, 0.25) is 0 Å². The molecule has 3 aromatic carbocycles. The number of carbonyl (C=O) groups is 1. The van der Waals surface area contributed by atoms with Crippen LogP contribution < -0.4 is 5.32 Å². The predicted octanol–water partition coefficient (Wildman–Crippen LogP) is 6.57. The Labute approximate surface area is 223 Å². The fourth-order valence-electron chi connectivity index (χ4n) is 3.99. The monoisotopic (exact) mass is 532 g/mol. The summed E-state index contributed by atoms with van der Waals surface area (Å²) in [5.74, 6) is -1.85. The van der Waals surface area contributed by atoms with Gasteiger partial charge in [-0.2, -0.15) is 13.2 Å². The molecule has 39 heavy (non-hydrogen) atoms. The van der Waals surface area contributed by atoms with Crippen LogP contribution in [-0.2, 0) is 17.8 Å². The van der Waals surface area contributed by atoms with Gasteiger partial charge in [0.25, 0.3) is 0 Å². The van der Waals surface area contributed by atoms with E-state index in [9.17, 15) is 13.2 Å². The standard InChI is InChI=1S/C28H26N4.C2HF3O2/c1-20-4-2-7-26-27(20)32-28(31-26)25-6-3-5-24(18-25)23-10-8-22(9-11-23)19-30-17-14-21-12-15-29-16-13-21;3-2(4,5)1(6)7/h2-13,15-16,18,30H,14,17,19H2,1H3,(H,31,32);(H,6,7). The molecule has 0 bridgehead atoms. The van der Waals surface area contributed by atoms with E-state index in [4.69, 9.17) is 14.9 Å². The van der Waals surface area contributed by atoms with Crippen LogP contribution in [-0.4, -0.2) is 38.7 Å². The third-order valence-corrected chi connectivity index (χ3v) is 6.05. The highest BCUT2D eigenvalue weighted by Gasteiger charge is 2.38. The number of aliphatic carboxylic acids is 1. The number of carboxylic acid groups (broad SMARTS) is 1. The molecule has 0 atom stereocenters. The minimum absolute atomic E-state index is 0.865. The number of hydrogen-bond acceptors (Lipinski definition) is 4. The average Bonchev–Trinajstić information content (AvgIpc) is 3.38. The molecule has 0 saturated heterocycles. The summed E-state index contributed by atoms with van der Waals surface area (Å²) in [5, 5.41) is 10.6. The van der Waals surface area contributed by atoms with E-state index in [1.165, 1.54) is 27.8 Å². The van der Waals surface area contributed by atoms with Crippen LogP contribution in [0.4, 0.5) is 13.2 Å². The van der Waals surface area contributed by atoms with Crippen LogP contribution in [0.25, 0.3) is 33.5 Å². The van der Waals surface area contributed by atoms with Crippen molar-refractivity contribution in [2.24, 2.45) is 0 Å². The average molecular weight is 533 g/mol. The molecule has 0 aliphatic rings. The number of pyridine rings is 1. The number of para-hydroxylation sites is 1. The Morgan fingerprint density at radius 3 is 2.23 bits per heavy atom. The summed E-state index contributed by atoms with van der Waals surface area (Å²) >= 11 is 0. The van der Waals surface area contributed by atoms with Crippen LogP contribution in [0.15, 0.2) is 91.3 Å². The first-order valence-electron chi connectivity index (χ1n) is 12.3. The molecule has 3 N–H and O–H groups in total. The molecule has 0 aliphatic carbocycles. The lowest BCUT2D eigenvalue weighted by Gasteiger charge is -2.08. The minimum Gasteiger partial charge on any atom is -0.475 e. The van der Waals surface area contributed by atoms with E-state index in [2.05, 4.69) is 101 Å². The normalized spacial score (nSPS) is 11.2. The summed E-state index contributed by atoms with van der Waals surface area (Å²) in [6, 6.07) is 27.7. The summed E-state index contributed by atoms with van der Waals surface area (Å²) in [4.78, 5) is 21.2. The number of H-pyrrole nitrogens is 1. The maximum atomic E-state index is 10.6. The van der Waals surface area contributed by atoms with Crippen LogP contribution in [0.5, 0.6) is 0 Å². The largest absolute Gasteiger partial charge is 0.490 e. The van der Waals surface area contributed by atoms with Gasteiger partial charge in [0.05, 0.1) is 11.0 Å². The zero-order chi connectivity index (χ0) is 27.8. The molecule has 0 radical (unpaired) electrons. The number of imidazole rings is 1. The summed E-state index contributed by atoms with van der Waals surface area (Å²) in [6.07, 6.45) is -0.384. The van der Waals surface area contributed by atoms with Crippen molar-refractivity contribution in [3.63, 3.8) is 0 Å². The number of fused-ring (bicyclic) bond motifs is 1. The SMILES string of the molecule is Cc1cccc2[nH]c(-c3cccc(-c4ccc(CNCCc5ccncc5)cc4)c3)nc12.O=C(O)C(F)(F)F. The van der Waals surface area contributed by atoms with Gasteiger partial charge in [0.2, 0.25) is 0 Å². The van der Waals surface area contributed by atoms with Gasteiger partial charge in [-0.1, -0.05) is 54.6 Å². The van der Waals surface area contributed by atoms with Crippen molar-refractivity contribution in [2.75, 3.05) is 6.54 Å². The second-order valence-corrected chi connectivity index (χ2v) is 8.92. The van der Waals surface area contributed by atoms with Crippen molar-refractivity contribution < 1.29 is 23.1 Å². The van der Waals surface area contributed by atoms with E-state index in [0.717, 1.165) is 41.9 Å². The molecule has 6 nitrogen and oxygen atoms in total. The minimum atomic E-state index is -5.08. The molecule has 0 aliphatic heterocycles. The summed E-state index contributed by atoms with van der Waals surface area (Å²) < 4.78 is 31.7. The maximum Gasteiger partial charge on any atom is 0.490 e. The lowest BCUT2D eigenvalue weighted by Crippen LogP contribution is -2.21. The molecule has 0 saturated carbocycles. The third-order valence-electron chi connectivity index (χ3n) is 6.05. The highest BCUT2D eigenvalue weighted by molar-refractivity contribution is 5.83. The van der Waals surface area contributed by atoms with E-state index < -0.39 is 12.1 Å². The highest BCUT2D eigenvalue weighted by Crippen LogP contribution is 2.27. The van der Waals surface area contributed by atoms with Crippen molar-refractivity contribution in [2.45, 2.75) is 26.1 Å². The zero-order valence-corrected chi connectivity index (χ0v) is 21.2. The van der Waals surface area contributed by atoms with Gasteiger partial charge in [-0.05, 0) is 72.0 Å². The Morgan fingerprint density at radius 2 is 1.56 bits per heavy atom. The Bertz CT molecular complexity index is 1530. The van der Waals surface area contributed by atoms with E-state index in [1.807, 2.05) is 12.4 Å². The van der Waals surface area contributed by atoms with E-state index in [-0.39, 0.29) is 0 Å². The number of alkyl halides is 3. The Kier molecular flexibility index (Phi) is 8.73. The first-order chi connectivity index (χ1) is 18.7. The summed E-state index contributed by atoms with van der Waals surface area (Å²) in [5.41, 5.74) is 9.39. The molecular weight excluding hydrogens is 505 g/mol. The Morgan fingerprint density at radius 1 is 0.897 bits per heavy atom. The number of aromatic nitrogens is 3. The summed E-state index contributed by atoms with van der Waals surface area (Å²) in [6.45, 7) is 3.91. The lowest BCUT2D eigenvalue weighted by molar-refractivity contribution is -0.192. The van der Waals surface area contributed by atoms with Crippen molar-refractivity contribution in [1.29, 1.82) is 0 Å². The molecule has 0 fully saturated rings. The molecule has 200 valence electrons. The van der Waals surface area contributed by atoms with E-state index in [0.29, 0.717) is 0 Å². The van der Waals surface area contributed by atoms with Crippen molar-refractivity contribution in [3.05, 3.63) is 108 Å². The topological polar surface area (TPSA) is 90.9 Å². The number of benzene rings is 3. The van der Waals surface area contributed by atoms with E-state index >= 15 is 0 Å². The first-order valence-corrected chi connectivity index (χ1v) is 12.3. The smallest absolute Gasteiger partial charge is 0.475 e. The number of nitrogens with one attached hydrogen (secondary N) is 2. The zero-order valence-electron chi connectivity index (χ0n) is 21.2. The number of carboxylic acids is 1. The van der Waals surface area contributed by atoms with Gasteiger partial charge in [-0.3, -0.25) is 4.98 Å². The highest BCUT2D eigenvalue weighted by atomic mass is 19.4. The fraction of sp³-hybridized carbons (Fsp3) is 0.167. The van der Waals surface area contributed by atoms with Crippen LogP contribution in [0.1, 0.15) is 16.7 Å². The second-order valence-electron chi connectivity index (χ2n) is 8.92. The van der Waals surface area contributed by atoms with Crippen molar-refractivity contribution in [1.82, 2.24) is 20.3 Å². The van der Waals surface area contributed by atoms with Gasteiger partial charge < -0.3 is 15.4 Å². The molecule has 0 unspecified atom stereocenters. The molecule has 2 aromatic heterocycles. The number of halogens is 3. The number of rotatable bonds is 7. The van der Waals surface area contributed by atoms with Gasteiger partial charge in [0.1, 0.15) is 5.82 Å². The van der Waals surface area contributed by atoms with Gasteiger partial charge in [-0.25, -0.2) is 9.78 Å². The van der Waals surface area contributed by atoms with Crippen LogP contribution in [0, 0.1) is 6.92 Å². The number of aryl methyl sites for hydroxylation is 1. The lowest BCUT2D eigenvalue weighted by atomic mass is 10.0. The summed E-state index contributed by atoms with van der Waals surface area (Å²) in [7, 11) is 0. The number of hydrogen-bond donors (Lipinski definition) is 3. The van der Waals surface area contributed by atoms with E-state index in [1.54, 1.807) is 0 Å². The molecule has 5 aromatic rings. The molecular formula is C30H27F3N4O2. The van der Waals surface area contributed by atoms with Gasteiger partial charge in [0.15, 0.2) is 0 Å². The van der Waals surface area contributed by atoms with Crippen molar-refractivity contribution >= 4 is 17.0 Å². The number of aromatic amines is 1. The molecule has 2 heterocycles. The van der Waals surface area contributed by atoms with Gasteiger partial charge in [-0.15, -0.1) is 0 Å².